The summed E-state index contributed by atoms with van der Waals surface area (Å²) in [5.74, 6) is -0.388. The van der Waals surface area contributed by atoms with Gasteiger partial charge in [-0.3, -0.25) is 15.3 Å². The van der Waals surface area contributed by atoms with Gasteiger partial charge >= 0.3 is 6.09 Å². The Morgan fingerprint density at radius 3 is 2.47 bits per heavy atom. The molecule has 30 heavy (non-hydrogen) atoms. The third kappa shape index (κ3) is 6.89. The molecule has 0 radical (unpaired) electrons. The van der Waals surface area contributed by atoms with Crippen LogP contribution < -0.4 is 15.5 Å². The standard InChI is InChI=1S/C21H24N2O7/c1-28-18(11-12-19(25)23-27)20(16-9-5-6-10-17(16)29-14-13-24)30-21(26)22-15-7-3-2-4-8-15/h2-12,18,20,24,27H,13-14H2,1H3,(H,22,26)(H,23,25)/b12-11+/t18-,20-/m1/s1. The normalized spacial score (nSPS) is 12.8. The maximum atomic E-state index is 12.5. The molecular weight excluding hydrogens is 392 g/mol. The number of para-hydroxylation sites is 2. The van der Waals surface area contributed by atoms with Gasteiger partial charge in [-0.15, -0.1) is 0 Å². The average Bonchev–Trinajstić information content (AvgIpc) is 2.77. The molecule has 0 saturated heterocycles. The number of hydroxylamine groups is 1. The van der Waals surface area contributed by atoms with Gasteiger partial charge in [0.15, 0.2) is 6.10 Å². The van der Waals surface area contributed by atoms with Crippen LogP contribution in [0.2, 0.25) is 0 Å². The molecule has 2 aromatic rings. The van der Waals surface area contributed by atoms with Gasteiger partial charge in [-0.1, -0.05) is 36.4 Å². The van der Waals surface area contributed by atoms with Crippen molar-refractivity contribution in [2.24, 2.45) is 0 Å². The summed E-state index contributed by atoms with van der Waals surface area (Å²) in [5, 5.41) is 20.4. The highest BCUT2D eigenvalue weighted by molar-refractivity contribution is 5.86. The van der Waals surface area contributed by atoms with E-state index in [1.165, 1.54) is 18.7 Å². The molecule has 160 valence electrons. The lowest BCUT2D eigenvalue weighted by molar-refractivity contribution is -0.124. The maximum Gasteiger partial charge on any atom is 0.412 e. The van der Waals surface area contributed by atoms with Gasteiger partial charge in [-0.25, -0.2) is 10.3 Å². The van der Waals surface area contributed by atoms with Crippen molar-refractivity contribution >= 4 is 17.7 Å². The molecule has 2 atom stereocenters. The van der Waals surface area contributed by atoms with Crippen molar-refractivity contribution in [3.8, 4) is 5.75 Å². The second-order valence-electron chi connectivity index (χ2n) is 5.96. The summed E-state index contributed by atoms with van der Waals surface area (Å²) >= 11 is 0. The molecule has 0 spiro atoms. The van der Waals surface area contributed by atoms with Crippen molar-refractivity contribution in [2.75, 3.05) is 25.6 Å². The Bertz CT molecular complexity index is 842. The van der Waals surface area contributed by atoms with Crippen LogP contribution >= 0.6 is 0 Å². The first kappa shape index (κ1) is 22.9. The van der Waals surface area contributed by atoms with Crippen LogP contribution in [-0.4, -0.2) is 48.7 Å². The molecule has 4 N–H and O–H groups in total. The van der Waals surface area contributed by atoms with Crippen molar-refractivity contribution in [3.63, 3.8) is 0 Å². The molecule has 0 unspecified atom stereocenters. The van der Waals surface area contributed by atoms with Gasteiger partial charge < -0.3 is 19.3 Å². The van der Waals surface area contributed by atoms with Gasteiger partial charge in [0.2, 0.25) is 0 Å². The fraction of sp³-hybridized carbons (Fsp3) is 0.238. The number of carbonyl (C=O) groups excluding carboxylic acids is 2. The summed E-state index contributed by atoms with van der Waals surface area (Å²) in [6.07, 6.45) is -0.240. The van der Waals surface area contributed by atoms with E-state index in [2.05, 4.69) is 5.32 Å². The fourth-order valence-corrected chi connectivity index (χ4v) is 2.62. The topological polar surface area (TPSA) is 126 Å². The number of amides is 2. The predicted octanol–water partition coefficient (Wildman–Crippen LogP) is 2.42. The summed E-state index contributed by atoms with van der Waals surface area (Å²) in [6, 6.07) is 15.5. The molecule has 0 saturated carbocycles. The monoisotopic (exact) mass is 416 g/mol. The summed E-state index contributed by atoms with van der Waals surface area (Å²) in [6.45, 7) is -0.154. The predicted molar refractivity (Wildman–Crippen MR) is 108 cm³/mol. The van der Waals surface area contributed by atoms with Crippen molar-refractivity contribution < 1.29 is 34.1 Å². The second-order valence-corrected chi connectivity index (χ2v) is 5.96. The van der Waals surface area contributed by atoms with Gasteiger partial charge in [-0.2, -0.15) is 0 Å². The summed E-state index contributed by atoms with van der Waals surface area (Å²) in [5.41, 5.74) is 2.49. The minimum Gasteiger partial charge on any atom is -0.491 e. The van der Waals surface area contributed by atoms with Crippen LogP contribution in [0.4, 0.5) is 10.5 Å². The van der Waals surface area contributed by atoms with E-state index in [9.17, 15) is 9.59 Å². The van der Waals surface area contributed by atoms with E-state index in [-0.39, 0.29) is 13.2 Å². The van der Waals surface area contributed by atoms with Crippen molar-refractivity contribution in [3.05, 3.63) is 72.3 Å². The zero-order valence-corrected chi connectivity index (χ0v) is 16.4. The third-order valence-corrected chi connectivity index (χ3v) is 3.95. The molecule has 0 aliphatic heterocycles. The number of ether oxygens (including phenoxy) is 3. The molecule has 0 aliphatic rings. The van der Waals surface area contributed by atoms with Crippen molar-refractivity contribution in [2.45, 2.75) is 12.2 Å². The van der Waals surface area contributed by atoms with Crippen molar-refractivity contribution in [1.82, 2.24) is 5.48 Å². The van der Waals surface area contributed by atoms with E-state index in [0.717, 1.165) is 6.08 Å². The highest BCUT2D eigenvalue weighted by Gasteiger charge is 2.28. The number of benzene rings is 2. The van der Waals surface area contributed by atoms with Gasteiger partial charge in [0.1, 0.15) is 18.5 Å². The quantitative estimate of drug-likeness (QED) is 0.266. The number of rotatable bonds is 10. The molecule has 2 aromatic carbocycles. The SMILES string of the molecule is CO[C@H](/C=C/C(=O)NO)[C@H](OC(=O)Nc1ccccc1)c1ccccc1OCCO. The molecule has 0 aromatic heterocycles. The van der Waals surface area contributed by atoms with Crippen LogP contribution in [0.1, 0.15) is 11.7 Å². The first-order chi connectivity index (χ1) is 14.6. The second kappa shape index (κ2) is 12.2. The zero-order chi connectivity index (χ0) is 21.8. The van der Waals surface area contributed by atoms with Gasteiger partial charge in [0.05, 0.1) is 6.61 Å². The van der Waals surface area contributed by atoms with Gasteiger partial charge in [-0.05, 0) is 24.3 Å². The molecule has 0 heterocycles. The van der Waals surface area contributed by atoms with Crippen LogP contribution in [0.3, 0.4) is 0 Å². The number of nitrogens with one attached hydrogen (secondary N) is 2. The minimum absolute atomic E-state index is 0.0420. The van der Waals surface area contributed by atoms with Gasteiger partial charge in [0.25, 0.3) is 5.91 Å². The summed E-state index contributed by atoms with van der Waals surface area (Å²) < 4.78 is 16.6. The Labute approximate surface area is 173 Å². The van der Waals surface area contributed by atoms with Crippen LogP contribution in [0.15, 0.2) is 66.7 Å². The molecule has 0 bridgehead atoms. The minimum atomic E-state index is -1.00. The largest absolute Gasteiger partial charge is 0.491 e. The molecular formula is C21H24N2O7. The van der Waals surface area contributed by atoms with Crippen LogP contribution in [0.25, 0.3) is 0 Å². The Morgan fingerprint density at radius 2 is 1.80 bits per heavy atom. The molecule has 9 nitrogen and oxygen atoms in total. The van der Waals surface area contributed by atoms with Crippen LogP contribution in [0.5, 0.6) is 5.75 Å². The van der Waals surface area contributed by atoms with E-state index in [1.807, 2.05) is 6.07 Å². The van der Waals surface area contributed by atoms with Crippen molar-refractivity contribution in [1.29, 1.82) is 0 Å². The first-order valence-corrected chi connectivity index (χ1v) is 9.09. The highest BCUT2D eigenvalue weighted by atomic mass is 16.6. The number of aliphatic hydroxyl groups excluding tert-OH is 1. The Kier molecular flexibility index (Phi) is 9.32. The number of anilines is 1. The fourth-order valence-electron chi connectivity index (χ4n) is 2.62. The summed E-state index contributed by atoms with van der Waals surface area (Å²) in [7, 11) is 1.38. The van der Waals surface area contributed by atoms with Crippen LogP contribution in [-0.2, 0) is 14.3 Å². The number of hydrogen-bond acceptors (Lipinski definition) is 7. The maximum absolute atomic E-state index is 12.5. The highest BCUT2D eigenvalue weighted by Crippen LogP contribution is 2.32. The average molecular weight is 416 g/mol. The lowest BCUT2D eigenvalue weighted by Crippen LogP contribution is -2.28. The number of methoxy groups -OCH3 is 1. The lowest BCUT2D eigenvalue weighted by atomic mass is 10.0. The van der Waals surface area contributed by atoms with Gasteiger partial charge in [0, 0.05) is 24.4 Å². The van der Waals surface area contributed by atoms with Crippen LogP contribution in [0, 0.1) is 0 Å². The molecule has 2 amide bonds. The molecule has 2 rings (SSSR count). The van der Waals surface area contributed by atoms with E-state index in [1.54, 1.807) is 48.5 Å². The van der Waals surface area contributed by atoms with E-state index < -0.39 is 24.2 Å². The Balaban J connectivity index is 2.33. The zero-order valence-electron chi connectivity index (χ0n) is 16.4. The first-order valence-electron chi connectivity index (χ1n) is 9.09. The molecule has 9 heteroatoms. The van der Waals surface area contributed by atoms with E-state index in [0.29, 0.717) is 17.0 Å². The number of aliphatic hydroxyl groups is 1. The third-order valence-electron chi connectivity index (χ3n) is 3.95. The molecule has 0 aliphatic carbocycles. The smallest absolute Gasteiger partial charge is 0.412 e. The number of carbonyl (C=O) groups is 2. The van der Waals surface area contributed by atoms with E-state index >= 15 is 0 Å². The van der Waals surface area contributed by atoms with E-state index in [4.69, 9.17) is 24.5 Å². The number of hydrogen-bond donors (Lipinski definition) is 4. The molecule has 0 fully saturated rings. The lowest BCUT2D eigenvalue weighted by Gasteiger charge is -2.26. The summed E-state index contributed by atoms with van der Waals surface area (Å²) in [4.78, 5) is 23.9. The Hall–Kier alpha value is -3.40. The Morgan fingerprint density at radius 1 is 1.10 bits per heavy atom.